The summed E-state index contributed by atoms with van der Waals surface area (Å²) >= 11 is 0. The highest BCUT2D eigenvalue weighted by Gasteiger charge is 2.08. The largest absolute Gasteiger partial charge is 0.399 e. The number of oxime groups is 1. The summed E-state index contributed by atoms with van der Waals surface area (Å²) in [7, 11) is 1.57. The molecule has 1 saturated heterocycles. The van der Waals surface area contributed by atoms with Gasteiger partial charge in [-0.3, -0.25) is 0 Å². The lowest BCUT2D eigenvalue weighted by Gasteiger charge is -2.18. The predicted octanol–water partition coefficient (Wildman–Crippen LogP) is 0.761. The third-order valence-electron chi connectivity index (χ3n) is 1.69. The fraction of sp³-hybridized carbons (Fsp3) is 0.857. The molecule has 3 heteroatoms. The van der Waals surface area contributed by atoms with E-state index in [2.05, 4.69) is 15.3 Å². The fourth-order valence-corrected chi connectivity index (χ4v) is 1.14. The van der Waals surface area contributed by atoms with Gasteiger partial charge in [-0.25, -0.2) is 0 Å². The molecule has 0 aromatic heterocycles. The molecule has 1 N–H and O–H groups in total. The van der Waals surface area contributed by atoms with Crippen molar-refractivity contribution in [3.05, 3.63) is 0 Å². The van der Waals surface area contributed by atoms with E-state index in [1.165, 1.54) is 19.3 Å². The first kappa shape index (κ1) is 7.54. The van der Waals surface area contributed by atoms with Gasteiger partial charge in [-0.2, -0.15) is 0 Å². The summed E-state index contributed by atoms with van der Waals surface area (Å²) in [5.74, 6) is 0. The minimum atomic E-state index is 0.439. The molecule has 1 fully saturated rings. The topological polar surface area (TPSA) is 33.6 Å². The maximum absolute atomic E-state index is 4.57. The van der Waals surface area contributed by atoms with Gasteiger partial charge >= 0.3 is 0 Å². The average molecular weight is 142 g/mol. The molecule has 1 atom stereocenters. The normalized spacial score (nSPS) is 27.1. The Morgan fingerprint density at radius 3 is 3.10 bits per heavy atom. The Labute approximate surface area is 61.4 Å². The van der Waals surface area contributed by atoms with Crippen LogP contribution in [0.4, 0.5) is 0 Å². The minimum Gasteiger partial charge on any atom is -0.399 e. The monoisotopic (exact) mass is 142 g/mol. The summed E-state index contributed by atoms with van der Waals surface area (Å²) < 4.78 is 0. The van der Waals surface area contributed by atoms with E-state index in [1.54, 1.807) is 7.11 Å². The zero-order chi connectivity index (χ0) is 7.23. The van der Waals surface area contributed by atoms with Crippen LogP contribution < -0.4 is 5.32 Å². The first-order valence-electron chi connectivity index (χ1n) is 3.73. The molecule has 1 aliphatic heterocycles. The highest BCUT2D eigenvalue weighted by atomic mass is 16.6. The third kappa shape index (κ3) is 2.35. The summed E-state index contributed by atoms with van der Waals surface area (Å²) in [6.07, 6.45) is 5.61. The van der Waals surface area contributed by atoms with Gasteiger partial charge in [0.25, 0.3) is 0 Å². The maximum atomic E-state index is 4.57. The summed E-state index contributed by atoms with van der Waals surface area (Å²) in [6.45, 7) is 1.11. The summed E-state index contributed by atoms with van der Waals surface area (Å²) in [6, 6.07) is 0.439. The minimum absolute atomic E-state index is 0.439. The number of rotatable bonds is 2. The van der Waals surface area contributed by atoms with E-state index < -0.39 is 0 Å². The molecule has 1 rings (SSSR count). The van der Waals surface area contributed by atoms with E-state index in [0.29, 0.717) is 6.04 Å². The van der Waals surface area contributed by atoms with Crippen LogP contribution in [0, 0.1) is 0 Å². The molecule has 1 unspecified atom stereocenters. The zero-order valence-electron chi connectivity index (χ0n) is 6.34. The summed E-state index contributed by atoms with van der Waals surface area (Å²) in [4.78, 5) is 4.57. The molecule has 1 heterocycles. The number of hydrogen-bond acceptors (Lipinski definition) is 3. The maximum Gasteiger partial charge on any atom is 0.106 e. The Hall–Kier alpha value is -0.570. The van der Waals surface area contributed by atoms with Crippen LogP contribution in [0.15, 0.2) is 5.16 Å². The van der Waals surface area contributed by atoms with Gasteiger partial charge in [0.1, 0.15) is 7.11 Å². The van der Waals surface area contributed by atoms with Crippen molar-refractivity contribution in [3.8, 4) is 0 Å². The Morgan fingerprint density at radius 1 is 1.60 bits per heavy atom. The van der Waals surface area contributed by atoms with Crippen molar-refractivity contribution in [1.82, 2.24) is 5.32 Å². The summed E-state index contributed by atoms with van der Waals surface area (Å²) in [5, 5.41) is 7.03. The van der Waals surface area contributed by atoms with Crippen LogP contribution >= 0.6 is 0 Å². The molecular weight excluding hydrogens is 128 g/mol. The lowest BCUT2D eigenvalue weighted by molar-refractivity contribution is 0.213. The van der Waals surface area contributed by atoms with E-state index >= 15 is 0 Å². The molecule has 58 valence electrons. The number of hydrogen-bond donors (Lipinski definition) is 1. The second-order valence-corrected chi connectivity index (χ2v) is 2.49. The van der Waals surface area contributed by atoms with Crippen molar-refractivity contribution in [3.63, 3.8) is 0 Å². The molecular formula is C7H14N2O. The Kier molecular flexibility index (Phi) is 3.22. The van der Waals surface area contributed by atoms with Crippen LogP contribution in [0.5, 0.6) is 0 Å². The van der Waals surface area contributed by atoms with Gasteiger partial charge in [0.15, 0.2) is 0 Å². The van der Waals surface area contributed by atoms with E-state index in [-0.39, 0.29) is 0 Å². The number of piperidine rings is 1. The van der Waals surface area contributed by atoms with Crippen molar-refractivity contribution >= 4 is 6.21 Å². The SMILES string of the molecule is CO/N=C/C1CCCCN1. The van der Waals surface area contributed by atoms with Gasteiger partial charge in [0.05, 0.1) is 6.21 Å². The molecule has 0 amide bonds. The van der Waals surface area contributed by atoms with Crippen LogP contribution in [0.1, 0.15) is 19.3 Å². The van der Waals surface area contributed by atoms with Crippen molar-refractivity contribution in [2.75, 3.05) is 13.7 Å². The fourth-order valence-electron chi connectivity index (χ4n) is 1.14. The first-order valence-corrected chi connectivity index (χ1v) is 3.73. The molecule has 3 nitrogen and oxygen atoms in total. The van der Waals surface area contributed by atoms with Crippen molar-refractivity contribution < 1.29 is 4.84 Å². The molecule has 0 aromatic carbocycles. The van der Waals surface area contributed by atoms with Gasteiger partial charge in [-0.15, -0.1) is 0 Å². The van der Waals surface area contributed by atoms with Crippen molar-refractivity contribution in [2.24, 2.45) is 5.16 Å². The van der Waals surface area contributed by atoms with Crippen LogP contribution in [0.2, 0.25) is 0 Å². The highest BCUT2D eigenvalue weighted by molar-refractivity contribution is 5.63. The van der Waals surface area contributed by atoms with E-state index in [1.807, 2.05) is 6.21 Å². The molecule has 0 aromatic rings. The second kappa shape index (κ2) is 4.28. The molecule has 0 bridgehead atoms. The Morgan fingerprint density at radius 2 is 2.50 bits per heavy atom. The predicted molar refractivity (Wildman–Crippen MR) is 41.1 cm³/mol. The van der Waals surface area contributed by atoms with E-state index in [9.17, 15) is 0 Å². The molecule has 0 aliphatic carbocycles. The lowest BCUT2D eigenvalue weighted by Crippen LogP contribution is -2.35. The van der Waals surface area contributed by atoms with Crippen LogP contribution in [-0.4, -0.2) is 25.9 Å². The first-order chi connectivity index (χ1) is 4.93. The molecule has 0 spiro atoms. The van der Waals surface area contributed by atoms with Crippen LogP contribution in [-0.2, 0) is 4.84 Å². The third-order valence-corrected chi connectivity index (χ3v) is 1.69. The average Bonchev–Trinajstić information content (AvgIpc) is 2.03. The Bertz CT molecular complexity index is 108. The van der Waals surface area contributed by atoms with Crippen LogP contribution in [0.3, 0.4) is 0 Å². The zero-order valence-corrected chi connectivity index (χ0v) is 6.34. The van der Waals surface area contributed by atoms with Crippen molar-refractivity contribution in [2.45, 2.75) is 25.3 Å². The molecule has 0 saturated carbocycles. The number of nitrogens with zero attached hydrogens (tertiary/aromatic N) is 1. The lowest BCUT2D eigenvalue weighted by atomic mass is 10.1. The van der Waals surface area contributed by atoms with Gasteiger partial charge in [0, 0.05) is 6.04 Å². The highest BCUT2D eigenvalue weighted by Crippen LogP contribution is 2.04. The molecule has 10 heavy (non-hydrogen) atoms. The Balaban J connectivity index is 2.19. The van der Waals surface area contributed by atoms with Crippen molar-refractivity contribution in [1.29, 1.82) is 0 Å². The summed E-state index contributed by atoms with van der Waals surface area (Å²) in [5.41, 5.74) is 0. The van der Waals surface area contributed by atoms with E-state index in [4.69, 9.17) is 0 Å². The quantitative estimate of drug-likeness (QED) is 0.456. The van der Waals surface area contributed by atoms with Gasteiger partial charge in [0.2, 0.25) is 0 Å². The standard InChI is InChI=1S/C7H14N2O/c1-10-9-6-7-4-2-3-5-8-7/h6-8H,2-5H2,1H3/b9-6+. The van der Waals surface area contributed by atoms with Crippen LogP contribution in [0.25, 0.3) is 0 Å². The number of nitrogens with one attached hydrogen (secondary N) is 1. The van der Waals surface area contributed by atoms with E-state index in [0.717, 1.165) is 6.54 Å². The smallest absolute Gasteiger partial charge is 0.106 e. The molecule has 0 radical (unpaired) electrons. The van der Waals surface area contributed by atoms with Gasteiger partial charge in [-0.05, 0) is 19.4 Å². The molecule has 1 aliphatic rings. The second-order valence-electron chi connectivity index (χ2n) is 2.49. The van der Waals surface area contributed by atoms with Gasteiger partial charge < -0.3 is 10.2 Å². The van der Waals surface area contributed by atoms with Gasteiger partial charge in [-0.1, -0.05) is 11.6 Å².